The Balaban J connectivity index is 2.25. The number of methoxy groups -OCH3 is 1. The van der Waals surface area contributed by atoms with E-state index in [9.17, 15) is 9.59 Å². The van der Waals surface area contributed by atoms with Crippen molar-refractivity contribution < 1.29 is 24.2 Å². The summed E-state index contributed by atoms with van der Waals surface area (Å²) in [5.74, 6) is -0.751. The van der Waals surface area contributed by atoms with E-state index in [1.165, 1.54) is 7.11 Å². The van der Waals surface area contributed by atoms with Crippen molar-refractivity contribution in [3.63, 3.8) is 0 Å². The summed E-state index contributed by atoms with van der Waals surface area (Å²) in [7, 11) is 1.46. The SMILES string of the molecule is COc1cc(C=C2SC(=S)N(CC(=O)O)C2=O)ccc1OCC#N. The number of benzene rings is 1. The number of carboxylic acids is 1. The van der Waals surface area contributed by atoms with Gasteiger partial charge in [-0.3, -0.25) is 14.5 Å². The van der Waals surface area contributed by atoms with E-state index in [-0.39, 0.29) is 10.9 Å². The largest absolute Gasteiger partial charge is 0.493 e. The Morgan fingerprint density at radius 2 is 2.25 bits per heavy atom. The molecule has 0 aromatic heterocycles. The molecule has 1 heterocycles. The molecule has 7 nitrogen and oxygen atoms in total. The Bertz CT molecular complexity index is 770. The highest BCUT2D eigenvalue weighted by Gasteiger charge is 2.33. The Hall–Kier alpha value is -2.57. The Morgan fingerprint density at radius 3 is 2.88 bits per heavy atom. The van der Waals surface area contributed by atoms with E-state index >= 15 is 0 Å². The van der Waals surface area contributed by atoms with Crippen LogP contribution in [0.15, 0.2) is 23.1 Å². The third kappa shape index (κ3) is 4.04. The normalized spacial score (nSPS) is 15.5. The van der Waals surface area contributed by atoms with Crippen LogP contribution in [0.5, 0.6) is 11.5 Å². The molecule has 9 heteroatoms. The number of hydrogen-bond acceptors (Lipinski definition) is 7. The lowest BCUT2D eigenvalue weighted by atomic mass is 10.2. The number of nitrogens with zero attached hydrogens (tertiary/aromatic N) is 2. The van der Waals surface area contributed by atoms with Gasteiger partial charge in [0, 0.05) is 0 Å². The van der Waals surface area contributed by atoms with E-state index in [0.29, 0.717) is 22.0 Å². The lowest BCUT2D eigenvalue weighted by molar-refractivity contribution is -0.140. The molecule has 124 valence electrons. The van der Waals surface area contributed by atoms with Crippen LogP contribution < -0.4 is 9.47 Å². The van der Waals surface area contributed by atoms with Crippen LogP contribution in [-0.4, -0.2) is 46.5 Å². The van der Waals surface area contributed by atoms with E-state index in [4.69, 9.17) is 32.1 Å². The van der Waals surface area contributed by atoms with Crippen molar-refractivity contribution in [2.75, 3.05) is 20.3 Å². The molecule has 1 N–H and O–H groups in total. The lowest BCUT2D eigenvalue weighted by Gasteiger charge is -2.10. The molecule has 1 saturated heterocycles. The Labute approximate surface area is 147 Å². The van der Waals surface area contributed by atoms with Crippen LogP contribution in [0.25, 0.3) is 6.08 Å². The minimum Gasteiger partial charge on any atom is -0.493 e. The van der Waals surface area contributed by atoms with Gasteiger partial charge in [0.2, 0.25) is 0 Å². The van der Waals surface area contributed by atoms with E-state index in [2.05, 4.69) is 0 Å². The summed E-state index contributed by atoms with van der Waals surface area (Å²) in [6, 6.07) is 6.83. The van der Waals surface area contributed by atoms with Crippen molar-refractivity contribution in [2.45, 2.75) is 0 Å². The second kappa shape index (κ2) is 7.81. The molecule has 0 radical (unpaired) electrons. The fraction of sp³-hybridized carbons (Fsp3) is 0.200. The van der Waals surface area contributed by atoms with Crippen LogP contribution in [0.4, 0.5) is 0 Å². The highest BCUT2D eigenvalue weighted by molar-refractivity contribution is 8.26. The lowest BCUT2D eigenvalue weighted by Crippen LogP contribution is -2.33. The van der Waals surface area contributed by atoms with Crippen molar-refractivity contribution >= 4 is 46.3 Å². The van der Waals surface area contributed by atoms with Gasteiger partial charge in [0.1, 0.15) is 16.9 Å². The van der Waals surface area contributed by atoms with Crippen LogP contribution in [0.3, 0.4) is 0 Å². The van der Waals surface area contributed by atoms with Crippen molar-refractivity contribution in [3.8, 4) is 17.6 Å². The second-order valence-corrected chi connectivity index (χ2v) is 6.19. The number of nitriles is 1. The highest BCUT2D eigenvalue weighted by atomic mass is 32.2. The molecule has 1 aliphatic rings. The molecule has 2 rings (SSSR count). The molecule has 1 aromatic carbocycles. The van der Waals surface area contributed by atoms with Crippen LogP contribution in [0.1, 0.15) is 5.56 Å². The average molecular weight is 364 g/mol. The van der Waals surface area contributed by atoms with Gasteiger partial charge in [-0.1, -0.05) is 30.0 Å². The molecule has 0 aliphatic carbocycles. The summed E-state index contributed by atoms with van der Waals surface area (Å²) in [5.41, 5.74) is 0.659. The number of carbonyl (C=O) groups excluding carboxylic acids is 1. The smallest absolute Gasteiger partial charge is 0.323 e. The van der Waals surface area contributed by atoms with Gasteiger partial charge in [0.25, 0.3) is 5.91 Å². The number of carboxylic acid groups (broad SMARTS) is 1. The predicted molar refractivity (Wildman–Crippen MR) is 91.6 cm³/mol. The number of thiocarbonyl (C=S) groups is 1. The maximum absolute atomic E-state index is 12.2. The van der Waals surface area contributed by atoms with Crippen LogP contribution in [0.2, 0.25) is 0 Å². The molecular weight excluding hydrogens is 352 g/mol. The number of aliphatic carboxylic acids is 1. The molecule has 0 atom stereocenters. The van der Waals surface area contributed by atoms with Gasteiger partial charge < -0.3 is 14.6 Å². The minimum absolute atomic E-state index is 0.108. The summed E-state index contributed by atoms with van der Waals surface area (Å²) in [5, 5.41) is 17.4. The first-order chi connectivity index (χ1) is 11.5. The van der Waals surface area contributed by atoms with Gasteiger partial charge in [-0.25, -0.2) is 0 Å². The van der Waals surface area contributed by atoms with Crippen LogP contribution in [0, 0.1) is 11.3 Å². The third-order valence-electron chi connectivity index (χ3n) is 2.94. The zero-order valence-electron chi connectivity index (χ0n) is 12.5. The molecule has 1 aliphatic heterocycles. The standard InChI is InChI=1S/C15H12N2O5S2/c1-21-11-6-9(2-3-10(11)22-5-4-16)7-12-14(20)17(8-13(18)19)15(23)24-12/h2-3,6-7H,5,8H2,1H3,(H,18,19). The number of rotatable bonds is 6. The van der Waals surface area contributed by atoms with Gasteiger partial charge in [0.15, 0.2) is 18.1 Å². The highest BCUT2D eigenvalue weighted by Crippen LogP contribution is 2.34. The fourth-order valence-corrected chi connectivity index (χ4v) is 3.18. The van der Waals surface area contributed by atoms with Crippen LogP contribution >= 0.6 is 24.0 Å². The number of carbonyl (C=O) groups is 2. The summed E-state index contributed by atoms with van der Waals surface area (Å²) in [6.45, 7) is -0.574. The number of thioether (sulfide) groups is 1. The summed E-state index contributed by atoms with van der Waals surface area (Å²) < 4.78 is 10.6. The molecule has 1 fully saturated rings. The van der Waals surface area contributed by atoms with Gasteiger partial charge in [-0.2, -0.15) is 5.26 Å². The van der Waals surface area contributed by atoms with Crippen molar-refractivity contribution in [3.05, 3.63) is 28.7 Å². The first-order valence-corrected chi connectivity index (χ1v) is 7.83. The molecule has 0 spiro atoms. The molecule has 0 unspecified atom stereocenters. The summed E-state index contributed by atoms with van der Waals surface area (Å²) in [6.07, 6.45) is 1.59. The second-order valence-electron chi connectivity index (χ2n) is 4.52. The first-order valence-electron chi connectivity index (χ1n) is 6.61. The molecule has 0 saturated carbocycles. The molecule has 1 aromatic rings. The maximum atomic E-state index is 12.2. The number of hydrogen-bond donors (Lipinski definition) is 1. The molecule has 24 heavy (non-hydrogen) atoms. The van der Waals surface area contributed by atoms with E-state index < -0.39 is 18.4 Å². The van der Waals surface area contributed by atoms with Gasteiger partial charge in [-0.15, -0.1) is 0 Å². The Kier molecular flexibility index (Phi) is 5.78. The topological polar surface area (TPSA) is 99.9 Å². The molecule has 1 amide bonds. The minimum atomic E-state index is -1.13. The van der Waals surface area contributed by atoms with Crippen molar-refractivity contribution in [1.82, 2.24) is 4.90 Å². The van der Waals surface area contributed by atoms with E-state index in [1.807, 2.05) is 6.07 Å². The van der Waals surface area contributed by atoms with Gasteiger partial charge in [0.05, 0.1) is 12.0 Å². The van der Waals surface area contributed by atoms with Crippen LogP contribution in [-0.2, 0) is 9.59 Å². The van der Waals surface area contributed by atoms with E-state index in [1.54, 1.807) is 24.3 Å². The summed E-state index contributed by atoms with van der Waals surface area (Å²) in [4.78, 5) is 24.4. The Morgan fingerprint density at radius 1 is 1.50 bits per heavy atom. The maximum Gasteiger partial charge on any atom is 0.323 e. The fourth-order valence-electron chi connectivity index (χ4n) is 1.93. The van der Waals surface area contributed by atoms with Gasteiger partial charge in [-0.05, 0) is 23.8 Å². The quantitative estimate of drug-likeness (QED) is 0.603. The van der Waals surface area contributed by atoms with Crippen molar-refractivity contribution in [2.24, 2.45) is 0 Å². The monoisotopic (exact) mass is 364 g/mol. The predicted octanol–water partition coefficient (Wildman–Crippen LogP) is 1.88. The summed E-state index contributed by atoms with van der Waals surface area (Å²) >= 11 is 6.08. The first kappa shape index (κ1) is 17.8. The number of ether oxygens (including phenoxy) is 2. The van der Waals surface area contributed by atoms with Gasteiger partial charge >= 0.3 is 5.97 Å². The zero-order valence-corrected chi connectivity index (χ0v) is 14.1. The van der Waals surface area contributed by atoms with Crippen molar-refractivity contribution in [1.29, 1.82) is 5.26 Å². The van der Waals surface area contributed by atoms with E-state index in [0.717, 1.165) is 16.7 Å². The average Bonchev–Trinajstić information content (AvgIpc) is 2.80. The third-order valence-corrected chi connectivity index (χ3v) is 4.32. The zero-order chi connectivity index (χ0) is 17.7. The molecule has 0 bridgehead atoms. The molecular formula is C15H12N2O5S2. The number of amides is 1.